The first-order chi connectivity index (χ1) is 9.77. The number of aliphatic hydroxyl groups is 1. The Hall–Kier alpha value is -0.910. The molecule has 0 spiro atoms. The van der Waals surface area contributed by atoms with Gasteiger partial charge in [0.15, 0.2) is 0 Å². The van der Waals surface area contributed by atoms with Crippen LogP contribution in [0.1, 0.15) is 43.7 Å². The molecule has 3 N–H and O–H groups in total. The normalized spacial score (nSPS) is 26.9. The van der Waals surface area contributed by atoms with Crippen LogP contribution in [-0.2, 0) is 6.54 Å². The Labute approximate surface area is 120 Å². The summed E-state index contributed by atoms with van der Waals surface area (Å²) in [5.74, 6) is 0.763. The van der Waals surface area contributed by atoms with Gasteiger partial charge in [0.25, 0.3) is 0 Å². The lowest BCUT2D eigenvalue weighted by Gasteiger charge is -2.32. The van der Waals surface area contributed by atoms with E-state index in [1.807, 2.05) is 6.20 Å². The summed E-state index contributed by atoms with van der Waals surface area (Å²) in [6, 6.07) is 2.15. The van der Waals surface area contributed by atoms with E-state index in [2.05, 4.69) is 26.5 Å². The molecule has 5 heteroatoms. The van der Waals surface area contributed by atoms with E-state index < -0.39 is 5.60 Å². The lowest BCUT2D eigenvalue weighted by atomic mass is 9.94. The fourth-order valence-corrected chi connectivity index (χ4v) is 3.03. The maximum atomic E-state index is 10.3. The van der Waals surface area contributed by atoms with Crippen molar-refractivity contribution in [2.24, 2.45) is 0 Å². The number of aryl methyl sites for hydroxylation is 1. The molecule has 1 saturated carbocycles. The van der Waals surface area contributed by atoms with Gasteiger partial charge in [0.2, 0.25) is 0 Å². The number of hydrogen-bond acceptors (Lipinski definition) is 4. The van der Waals surface area contributed by atoms with Gasteiger partial charge in [-0.25, -0.2) is 0 Å². The Bertz CT molecular complexity index is 421. The Kier molecular flexibility index (Phi) is 4.38. The van der Waals surface area contributed by atoms with Gasteiger partial charge in [-0.05, 0) is 51.3 Å². The molecule has 1 aliphatic heterocycles. The maximum Gasteiger partial charge on any atom is 0.0895 e. The maximum absolute atomic E-state index is 10.3. The van der Waals surface area contributed by atoms with E-state index in [1.54, 1.807) is 0 Å². The standard InChI is InChI=1S/C15H26N4O/c20-15(6-1-7-16-11-15)12-17-8-2-10-19-14(5-9-18-19)13-3-4-13/h5,9,13,16-17,20H,1-4,6-8,10-12H2. The van der Waals surface area contributed by atoms with Crippen LogP contribution in [0, 0.1) is 0 Å². The molecule has 0 radical (unpaired) electrons. The predicted octanol–water partition coefficient (Wildman–Crippen LogP) is 0.855. The molecule has 2 aliphatic rings. The Morgan fingerprint density at radius 3 is 3.15 bits per heavy atom. The van der Waals surface area contributed by atoms with Gasteiger partial charge in [0.05, 0.1) is 5.60 Å². The number of piperidine rings is 1. The van der Waals surface area contributed by atoms with Crippen LogP contribution >= 0.6 is 0 Å². The highest BCUT2D eigenvalue weighted by molar-refractivity contribution is 5.13. The van der Waals surface area contributed by atoms with Crippen LogP contribution in [0.4, 0.5) is 0 Å². The van der Waals surface area contributed by atoms with Crippen LogP contribution in [0.25, 0.3) is 0 Å². The van der Waals surface area contributed by atoms with E-state index in [1.165, 1.54) is 18.5 Å². The van der Waals surface area contributed by atoms with Crippen molar-refractivity contribution in [2.45, 2.75) is 50.2 Å². The average molecular weight is 278 g/mol. The second-order valence-electron chi connectivity index (χ2n) is 6.29. The second-order valence-corrected chi connectivity index (χ2v) is 6.29. The van der Waals surface area contributed by atoms with Gasteiger partial charge >= 0.3 is 0 Å². The zero-order chi connectivity index (χ0) is 13.8. The molecule has 20 heavy (non-hydrogen) atoms. The van der Waals surface area contributed by atoms with E-state index in [0.717, 1.165) is 44.8 Å². The molecule has 0 aromatic carbocycles. The summed E-state index contributed by atoms with van der Waals surface area (Å²) in [5.41, 5.74) is 0.850. The van der Waals surface area contributed by atoms with Crippen molar-refractivity contribution in [3.8, 4) is 0 Å². The fourth-order valence-electron chi connectivity index (χ4n) is 3.03. The van der Waals surface area contributed by atoms with E-state index in [9.17, 15) is 5.11 Å². The van der Waals surface area contributed by atoms with Crippen LogP contribution in [0.15, 0.2) is 12.3 Å². The molecule has 1 aromatic rings. The average Bonchev–Trinajstić information content (AvgIpc) is 3.19. The van der Waals surface area contributed by atoms with Crippen molar-refractivity contribution in [1.29, 1.82) is 0 Å². The summed E-state index contributed by atoms with van der Waals surface area (Å²) in [4.78, 5) is 0. The van der Waals surface area contributed by atoms with E-state index >= 15 is 0 Å². The highest BCUT2D eigenvalue weighted by Crippen LogP contribution is 2.39. The molecule has 1 aromatic heterocycles. The van der Waals surface area contributed by atoms with Gasteiger partial charge < -0.3 is 15.7 Å². The number of rotatable bonds is 7. The minimum Gasteiger partial charge on any atom is -0.387 e. The monoisotopic (exact) mass is 278 g/mol. The number of nitrogens with one attached hydrogen (secondary N) is 2. The number of hydrogen-bond donors (Lipinski definition) is 3. The highest BCUT2D eigenvalue weighted by atomic mass is 16.3. The summed E-state index contributed by atoms with van der Waals surface area (Å²) in [7, 11) is 0. The minimum absolute atomic E-state index is 0.552. The molecule has 1 aliphatic carbocycles. The highest BCUT2D eigenvalue weighted by Gasteiger charge is 2.28. The predicted molar refractivity (Wildman–Crippen MR) is 78.7 cm³/mol. The van der Waals surface area contributed by atoms with Gasteiger partial charge in [0, 0.05) is 37.4 Å². The van der Waals surface area contributed by atoms with Crippen molar-refractivity contribution in [3.63, 3.8) is 0 Å². The van der Waals surface area contributed by atoms with E-state index in [-0.39, 0.29) is 0 Å². The van der Waals surface area contributed by atoms with Crippen LogP contribution < -0.4 is 10.6 Å². The van der Waals surface area contributed by atoms with Crippen molar-refractivity contribution >= 4 is 0 Å². The molecule has 0 bridgehead atoms. The SMILES string of the molecule is OC1(CNCCCn2nccc2C2CC2)CCCNC1. The zero-order valence-corrected chi connectivity index (χ0v) is 12.1. The summed E-state index contributed by atoms with van der Waals surface area (Å²) in [5, 5.41) is 21.4. The van der Waals surface area contributed by atoms with Gasteiger partial charge in [-0.3, -0.25) is 4.68 Å². The van der Waals surface area contributed by atoms with Gasteiger partial charge in [-0.1, -0.05) is 0 Å². The molecule has 112 valence electrons. The Morgan fingerprint density at radius 2 is 2.40 bits per heavy atom. The first-order valence-corrected chi connectivity index (χ1v) is 7.92. The molecule has 1 unspecified atom stereocenters. The number of β-amino-alcohol motifs (C(OH)–C–C–N with tert-alkyl or cyclic N) is 1. The van der Waals surface area contributed by atoms with E-state index in [0.29, 0.717) is 13.1 Å². The Morgan fingerprint density at radius 1 is 1.50 bits per heavy atom. The molecular formula is C15H26N4O. The number of aromatic nitrogens is 2. The third kappa shape index (κ3) is 3.59. The van der Waals surface area contributed by atoms with Gasteiger partial charge in [-0.2, -0.15) is 5.10 Å². The van der Waals surface area contributed by atoms with Crippen LogP contribution in [-0.4, -0.2) is 46.7 Å². The van der Waals surface area contributed by atoms with Crippen LogP contribution in [0.2, 0.25) is 0 Å². The third-order valence-corrected chi connectivity index (χ3v) is 4.37. The lowest BCUT2D eigenvalue weighted by Crippen LogP contribution is -2.52. The molecule has 1 atom stereocenters. The summed E-state index contributed by atoms with van der Waals surface area (Å²) < 4.78 is 2.15. The van der Waals surface area contributed by atoms with Crippen LogP contribution in [0.3, 0.4) is 0 Å². The molecular weight excluding hydrogens is 252 g/mol. The second kappa shape index (κ2) is 6.24. The lowest BCUT2D eigenvalue weighted by molar-refractivity contribution is 0.0172. The quantitative estimate of drug-likeness (QED) is 0.647. The molecule has 5 nitrogen and oxygen atoms in total. The van der Waals surface area contributed by atoms with E-state index in [4.69, 9.17) is 0 Å². The first kappa shape index (κ1) is 14.0. The molecule has 3 rings (SSSR count). The summed E-state index contributed by atoms with van der Waals surface area (Å²) in [6.45, 7) is 4.35. The fraction of sp³-hybridized carbons (Fsp3) is 0.800. The first-order valence-electron chi connectivity index (χ1n) is 7.92. The minimum atomic E-state index is -0.552. The van der Waals surface area contributed by atoms with Gasteiger partial charge in [-0.15, -0.1) is 0 Å². The summed E-state index contributed by atoms with van der Waals surface area (Å²) in [6.07, 6.45) is 7.59. The molecule has 2 fully saturated rings. The molecule has 1 saturated heterocycles. The molecule has 2 heterocycles. The number of nitrogens with zero attached hydrogens (tertiary/aromatic N) is 2. The summed E-state index contributed by atoms with van der Waals surface area (Å²) >= 11 is 0. The van der Waals surface area contributed by atoms with Crippen molar-refractivity contribution in [2.75, 3.05) is 26.2 Å². The van der Waals surface area contributed by atoms with Crippen LogP contribution in [0.5, 0.6) is 0 Å². The largest absolute Gasteiger partial charge is 0.387 e. The molecule has 0 amide bonds. The van der Waals surface area contributed by atoms with Gasteiger partial charge in [0.1, 0.15) is 0 Å². The third-order valence-electron chi connectivity index (χ3n) is 4.37. The Balaban J connectivity index is 1.34. The smallest absolute Gasteiger partial charge is 0.0895 e. The topological polar surface area (TPSA) is 62.1 Å². The zero-order valence-electron chi connectivity index (χ0n) is 12.1. The van der Waals surface area contributed by atoms with Crippen molar-refractivity contribution in [1.82, 2.24) is 20.4 Å². The van der Waals surface area contributed by atoms with Crippen molar-refractivity contribution < 1.29 is 5.11 Å². The van der Waals surface area contributed by atoms with Crippen molar-refractivity contribution in [3.05, 3.63) is 18.0 Å².